The summed E-state index contributed by atoms with van der Waals surface area (Å²) in [5.74, 6) is 0. The Morgan fingerprint density at radius 2 is 2.00 bits per heavy atom. The average molecular weight is 158 g/mol. The van der Waals surface area contributed by atoms with Gasteiger partial charge in [0.15, 0.2) is 0 Å². The van der Waals surface area contributed by atoms with Crippen LogP contribution in [0.5, 0.6) is 0 Å². The van der Waals surface area contributed by atoms with E-state index in [-0.39, 0.29) is 6.29 Å². The van der Waals surface area contributed by atoms with Crippen molar-refractivity contribution in [1.29, 1.82) is 0 Å². The Morgan fingerprint density at radius 3 is 2.00 bits per heavy atom. The molecule has 0 atom stereocenters. The summed E-state index contributed by atoms with van der Waals surface area (Å²) in [6.07, 6.45) is 0.247. The summed E-state index contributed by atoms with van der Waals surface area (Å²) in [5.41, 5.74) is 0. The van der Waals surface area contributed by atoms with E-state index in [2.05, 4.69) is 0 Å². The molecule has 0 spiro atoms. The molecular formula is C2HO2Ru. The summed E-state index contributed by atoms with van der Waals surface area (Å²) in [5, 5.41) is 0. The summed E-state index contributed by atoms with van der Waals surface area (Å²) in [4.78, 5) is 18.6. The Hall–Kier alpha value is -0.0366. The molecular weight excluding hydrogens is 157 g/mol. The average Bonchev–Trinajstić information content (AvgIpc) is 1.38. The monoisotopic (exact) mass is 159 g/mol. The molecule has 29 valence electrons. The van der Waals surface area contributed by atoms with Crippen LogP contribution >= 0.6 is 0 Å². The molecule has 3 heteroatoms. The maximum absolute atomic E-state index is 9.41. The predicted octanol–water partition coefficient (Wildman–Crippen LogP) is -0.741. The number of hydrogen-bond acceptors (Lipinski definition) is 2. The SMILES string of the molecule is O=C[C](=O)[Ru]. The topological polar surface area (TPSA) is 34.1 Å². The first-order chi connectivity index (χ1) is 2.27. The summed E-state index contributed by atoms with van der Waals surface area (Å²) < 4.78 is -0.496. The molecule has 2 nitrogen and oxygen atoms in total. The predicted molar refractivity (Wildman–Crippen MR) is 11.1 cm³/mol. The summed E-state index contributed by atoms with van der Waals surface area (Å²) in [6, 6.07) is 0. The Balaban J connectivity index is 3.20. The number of carbonyl (C=O) groups excluding carboxylic acids is 2. The van der Waals surface area contributed by atoms with Crippen LogP contribution in [0.15, 0.2) is 0 Å². The fourth-order valence-corrected chi connectivity index (χ4v) is 0. The number of carbonyl (C=O) groups is 2. The molecule has 0 aliphatic heterocycles. The van der Waals surface area contributed by atoms with E-state index in [1.807, 2.05) is 0 Å². The molecule has 0 amide bonds. The van der Waals surface area contributed by atoms with Crippen molar-refractivity contribution in [3.63, 3.8) is 0 Å². The molecule has 0 aromatic rings. The molecule has 0 aliphatic rings. The van der Waals surface area contributed by atoms with Crippen molar-refractivity contribution in [1.82, 2.24) is 0 Å². The molecule has 0 aliphatic carbocycles. The van der Waals surface area contributed by atoms with Crippen LogP contribution in [0.3, 0.4) is 0 Å². The third-order valence-corrected chi connectivity index (χ3v) is 0.295. The van der Waals surface area contributed by atoms with Gasteiger partial charge in [-0.25, -0.2) is 0 Å². The molecule has 0 aromatic carbocycles. The zero-order valence-electron chi connectivity index (χ0n) is 2.25. The van der Waals surface area contributed by atoms with Crippen molar-refractivity contribution in [3.8, 4) is 0 Å². The van der Waals surface area contributed by atoms with Crippen molar-refractivity contribution in [3.05, 3.63) is 0 Å². The van der Waals surface area contributed by atoms with Gasteiger partial charge in [0, 0.05) is 0 Å². The van der Waals surface area contributed by atoms with Gasteiger partial charge in [0.05, 0.1) is 0 Å². The molecule has 5 heavy (non-hydrogen) atoms. The standard InChI is InChI=1S/C2HO2.Ru/c3-1-2-4;/h1H;. The first kappa shape index (κ1) is 4.96. The van der Waals surface area contributed by atoms with Gasteiger partial charge in [-0.2, -0.15) is 0 Å². The molecule has 0 aromatic heterocycles. The van der Waals surface area contributed by atoms with Gasteiger partial charge >= 0.3 is 38.6 Å². The molecule has 0 fully saturated rings. The Labute approximate surface area is 39.2 Å². The third-order valence-electron chi connectivity index (χ3n) is 0.0898. The van der Waals surface area contributed by atoms with Gasteiger partial charge in [0.1, 0.15) is 0 Å². The first-order valence-corrected chi connectivity index (χ1v) is 1.77. The van der Waals surface area contributed by atoms with E-state index in [0.29, 0.717) is 0 Å². The van der Waals surface area contributed by atoms with Crippen molar-refractivity contribution >= 4 is 10.7 Å². The van der Waals surface area contributed by atoms with Crippen LogP contribution in [0.2, 0.25) is 0 Å². The second-order valence-corrected chi connectivity index (χ2v) is 1.27. The normalized spacial score (nSPS) is 6.60. The second kappa shape index (κ2) is 2.22. The fraction of sp³-hybridized carbons (Fsp3) is 0. The second-order valence-electron chi connectivity index (χ2n) is 0.410. The minimum absolute atomic E-state index is 0.247. The molecule has 0 unspecified atom stereocenters. The molecule has 0 saturated carbocycles. The Kier molecular flexibility index (Phi) is 2.20. The van der Waals surface area contributed by atoms with Crippen molar-refractivity contribution in [2.45, 2.75) is 0 Å². The molecule has 0 radical (unpaired) electrons. The van der Waals surface area contributed by atoms with Crippen molar-refractivity contribution < 1.29 is 27.9 Å². The maximum atomic E-state index is 9.41. The zero-order chi connectivity index (χ0) is 4.28. The van der Waals surface area contributed by atoms with Crippen LogP contribution in [-0.2, 0) is 27.9 Å². The minimum atomic E-state index is -0.496. The van der Waals surface area contributed by atoms with E-state index in [9.17, 15) is 4.79 Å². The molecule has 0 saturated heterocycles. The number of hydrogen-bond donors (Lipinski definition) is 0. The number of rotatable bonds is 1. The van der Waals surface area contributed by atoms with Crippen LogP contribution < -0.4 is 0 Å². The molecule has 0 rings (SSSR count). The van der Waals surface area contributed by atoms with E-state index < -0.39 is 4.38 Å². The first-order valence-electron chi connectivity index (χ1n) is 0.905. The summed E-state index contributed by atoms with van der Waals surface area (Å²) in [6.45, 7) is 0. The van der Waals surface area contributed by atoms with E-state index in [1.54, 1.807) is 18.3 Å². The quantitative estimate of drug-likeness (QED) is 0.286. The Bertz CT molecular complexity index is 58.7. The summed E-state index contributed by atoms with van der Waals surface area (Å²) in [7, 11) is 0. The van der Waals surface area contributed by atoms with Crippen molar-refractivity contribution in [2.75, 3.05) is 0 Å². The van der Waals surface area contributed by atoms with Crippen LogP contribution in [0.25, 0.3) is 0 Å². The molecule has 0 heterocycles. The van der Waals surface area contributed by atoms with Crippen molar-refractivity contribution in [2.24, 2.45) is 0 Å². The van der Waals surface area contributed by atoms with Crippen LogP contribution in [0, 0.1) is 0 Å². The van der Waals surface area contributed by atoms with E-state index in [1.165, 1.54) is 0 Å². The third kappa shape index (κ3) is 3.96. The van der Waals surface area contributed by atoms with E-state index >= 15 is 0 Å². The van der Waals surface area contributed by atoms with Gasteiger partial charge in [-0.1, -0.05) is 0 Å². The zero-order valence-corrected chi connectivity index (χ0v) is 3.99. The van der Waals surface area contributed by atoms with Crippen LogP contribution in [0.4, 0.5) is 0 Å². The molecule has 0 bridgehead atoms. The van der Waals surface area contributed by atoms with E-state index in [0.717, 1.165) is 0 Å². The van der Waals surface area contributed by atoms with Crippen LogP contribution in [0.1, 0.15) is 0 Å². The Morgan fingerprint density at radius 1 is 1.80 bits per heavy atom. The van der Waals surface area contributed by atoms with Gasteiger partial charge in [-0.05, 0) is 0 Å². The van der Waals surface area contributed by atoms with Gasteiger partial charge in [-0.3, -0.25) is 0 Å². The van der Waals surface area contributed by atoms with Gasteiger partial charge in [-0.15, -0.1) is 0 Å². The van der Waals surface area contributed by atoms with E-state index in [4.69, 9.17) is 4.79 Å². The number of aldehydes is 1. The fourth-order valence-electron chi connectivity index (χ4n) is 0. The van der Waals surface area contributed by atoms with Gasteiger partial charge in [0.2, 0.25) is 0 Å². The summed E-state index contributed by atoms with van der Waals surface area (Å²) >= 11 is 1.65. The van der Waals surface area contributed by atoms with Crippen LogP contribution in [-0.4, -0.2) is 10.7 Å². The molecule has 0 N–H and O–H groups in total. The van der Waals surface area contributed by atoms with Gasteiger partial charge < -0.3 is 0 Å². The van der Waals surface area contributed by atoms with Gasteiger partial charge in [0.25, 0.3) is 0 Å².